The molecule has 0 spiro atoms. The van der Waals surface area contributed by atoms with Crippen LogP contribution in [0.25, 0.3) is 10.8 Å². The zero-order valence-electron chi connectivity index (χ0n) is 15.6. The van der Waals surface area contributed by atoms with Crippen molar-refractivity contribution in [3.63, 3.8) is 0 Å². The molecule has 3 amide bonds. The van der Waals surface area contributed by atoms with E-state index >= 15 is 0 Å². The second-order valence-corrected chi connectivity index (χ2v) is 7.31. The Kier molecular flexibility index (Phi) is 4.76. The van der Waals surface area contributed by atoms with Crippen molar-refractivity contribution in [1.29, 1.82) is 0 Å². The molecule has 0 atom stereocenters. The van der Waals surface area contributed by atoms with Gasteiger partial charge in [-0.3, -0.25) is 24.6 Å². The van der Waals surface area contributed by atoms with E-state index in [1.54, 1.807) is 26.8 Å². The molecule has 1 N–H and O–H groups in total. The summed E-state index contributed by atoms with van der Waals surface area (Å²) < 4.78 is 5.12. The first kappa shape index (κ1) is 19.3. The van der Waals surface area contributed by atoms with E-state index in [0.717, 1.165) is 4.90 Å². The van der Waals surface area contributed by atoms with Crippen molar-refractivity contribution in [3.8, 4) is 0 Å². The molecule has 1 aliphatic heterocycles. The lowest BCUT2D eigenvalue weighted by molar-refractivity contribution is -0.383. The van der Waals surface area contributed by atoms with Crippen molar-refractivity contribution in [1.82, 2.24) is 10.2 Å². The van der Waals surface area contributed by atoms with Crippen molar-refractivity contribution in [2.75, 3.05) is 13.1 Å². The smallest absolute Gasteiger partial charge is 0.407 e. The van der Waals surface area contributed by atoms with E-state index in [1.165, 1.54) is 24.3 Å². The highest BCUT2D eigenvalue weighted by atomic mass is 16.6. The Hall–Kier alpha value is -3.49. The summed E-state index contributed by atoms with van der Waals surface area (Å²) >= 11 is 0. The minimum absolute atomic E-state index is 0.0185. The van der Waals surface area contributed by atoms with Crippen molar-refractivity contribution < 1.29 is 24.0 Å². The van der Waals surface area contributed by atoms with E-state index < -0.39 is 28.4 Å². The van der Waals surface area contributed by atoms with Crippen LogP contribution in [0.1, 0.15) is 41.5 Å². The summed E-state index contributed by atoms with van der Waals surface area (Å²) in [6, 6.07) is 7.19. The largest absolute Gasteiger partial charge is 0.444 e. The van der Waals surface area contributed by atoms with Gasteiger partial charge in [0.15, 0.2) is 0 Å². The third kappa shape index (κ3) is 3.51. The number of nitrogens with one attached hydrogen (secondary N) is 1. The molecule has 28 heavy (non-hydrogen) atoms. The van der Waals surface area contributed by atoms with E-state index in [1.807, 2.05) is 0 Å². The second-order valence-electron chi connectivity index (χ2n) is 7.31. The number of rotatable bonds is 4. The third-order valence-electron chi connectivity index (χ3n) is 4.17. The van der Waals surface area contributed by atoms with Crippen LogP contribution in [0.15, 0.2) is 30.3 Å². The average Bonchev–Trinajstić information content (AvgIpc) is 2.60. The van der Waals surface area contributed by atoms with Gasteiger partial charge in [-0.15, -0.1) is 0 Å². The Morgan fingerprint density at radius 3 is 2.39 bits per heavy atom. The number of amides is 3. The molecule has 0 aromatic heterocycles. The lowest BCUT2D eigenvalue weighted by Gasteiger charge is -2.27. The monoisotopic (exact) mass is 385 g/mol. The predicted octanol–water partition coefficient (Wildman–Crippen LogP) is 2.87. The molecule has 0 aliphatic carbocycles. The number of carbonyl (C=O) groups is 3. The molecular weight excluding hydrogens is 366 g/mol. The predicted molar refractivity (Wildman–Crippen MR) is 100 cm³/mol. The molecule has 9 heteroatoms. The van der Waals surface area contributed by atoms with Crippen molar-refractivity contribution in [2.45, 2.75) is 26.4 Å². The van der Waals surface area contributed by atoms with Gasteiger partial charge < -0.3 is 10.1 Å². The molecule has 0 fully saturated rings. The molecule has 0 bridgehead atoms. The van der Waals surface area contributed by atoms with Gasteiger partial charge in [0, 0.05) is 35.7 Å². The fourth-order valence-electron chi connectivity index (χ4n) is 3.08. The topological polar surface area (TPSA) is 119 Å². The molecule has 0 unspecified atom stereocenters. The molecule has 2 aromatic carbocycles. The van der Waals surface area contributed by atoms with E-state index in [9.17, 15) is 24.5 Å². The van der Waals surface area contributed by atoms with Crippen LogP contribution in [0, 0.1) is 10.1 Å². The first-order chi connectivity index (χ1) is 13.1. The highest BCUT2D eigenvalue weighted by molar-refractivity contribution is 6.26. The van der Waals surface area contributed by atoms with Crippen LogP contribution in [-0.4, -0.2) is 46.4 Å². The lowest BCUT2D eigenvalue weighted by atomic mass is 9.93. The minimum Gasteiger partial charge on any atom is -0.444 e. The Labute approximate surface area is 160 Å². The van der Waals surface area contributed by atoms with E-state index in [2.05, 4.69) is 5.32 Å². The number of alkyl carbamates (subject to hydrolysis) is 1. The molecule has 3 rings (SSSR count). The van der Waals surface area contributed by atoms with Gasteiger partial charge in [0.1, 0.15) is 5.60 Å². The molecule has 0 radical (unpaired) electrons. The summed E-state index contributed by atoms with van der Waals surface area (Å²) in [5, 5.41) is 14.3. The number of carbonyl (C=O) groups excluding carboxylic acids is 3. The van der Waals surface area contributed by atoms with Crippen LogP contribution < -0.4 is 5.32 Å². The number of benzene rings is 2. The number of non-ortho nitro benzene ring substituents is 1. The zero-order chi connectivity index (χ0) is 20.6. The fraction of sp³-hybridized carbons (Fsp3) is 0.316. The van der Waals surface area contributed by atoms with Crippen LogP contribution in [0.3, 0.4) is 0 Å². The SMILES string of the molecule is CC(C)(C)OC(=O)NCCN1C(=O)c2cccc3c([N+](=O)[O-])ccc(c23)C1=O. The molecule has 9 nitrogen and oxygen atoms in total. The molecule has 1 heterocycles. The number of hydrogen-bond acceptors (Lipinski definition) is 6. The lowest BCUT2D eigenvalue weighted by Crippen LogP contribution is -2.45. The second kappa shape index (κ2) is 6.91. The van der Waals surface area contributed by atoms with Crippen LogP contribution in [0.4, 0.5) is 10.5 Å². The fourth-order valence-corrected chi connectivity index (χ4v) is 3.08. The van der Waals surface area contributed by atoms with Gasteiger partial charge in [0.05, 0.1) is 10.3 Å². The average molecular weight is 385 g/mol. The van der Waals surface area contributed by atoms with E-state index in [-0.39, 0.29) is 40.7 Å². The Balaban J connectivity index is 1.85. The maximum atomic E-state index is 12.8. The maximum absolute atomic E-state index is 12.8. The number of ether oxygens (including phenoxy) is 1. The van der Waals surface area contributed by atoms with Gasteiger partial charge in [-0.1, -0.05) is 6.07 Å². The van der Waals surface area contributed by atoms with Gasteiger partial charge in [-0.05, 0) is 39.0 Å². The molecule has 146 valence electrons. The number of nitro benzene ring substituents is 1. The number of nitrogens with zero attached hydrogens (tertiary/aromatic N) is 2. The van der Waals surface area contributed by atoms with Gasteiger partial charge in [-0.2, -0.15) is 0 Å². The summed E-state index contributed by atoms with van der Waals surface area (Å²) in [6.45, 7) is 5.14. The van der Waals surface area contributed by atoms with E-state index in [4.69, 9.17) is 4.74 Å². The molecular formula is C19H19N3O6. The Morgan fingerprint density at radius 2 is 1.79 bits per heavy atom. The highest BCUT2D eigenvalue weighted by Gasteiger charge is 2.34. The number of imide groups is 1. The molecule has 0 saturated heterocycles. The standard InChI is InChI=1S/C19H19N3O6/c1-19(2,3)28-18(25)20-9-10-21-16(23)12-6-4-5-11-14(22(26)27)8-7-13(15(11)12)17(21)24/h4-8H,9-10H2,1-3H3,(H,20,25). The van der Waals surface area contributed by atoms with Crippen LogP contribution in [0.2, 0.25) is 0 Å². The van der Waals surface area contributed by atoms with Gasteiger partial charge in [0.2, 0.25) is 0 Å². The normalized spacial score (nSPS) is 13.6. The minimum atomic E-state index is -0.663. The maximum Gasteiger partial charge on any atom is 0.407 e. The van der Waals surface area contributed by atoms with Crippen LogP contribution >= 0.6 is 0 Å². The van der Waals surface area contributed by atoms with Gasteiger partial charge in [0.25, 0.3) is 17.5 Å². The molecule has 2 aromatic rings. The summed E-state index contributed by atoms with van der Waals surface area (Å²) in [5.41, 5.74) is -0.396. The highest BCUT2D eigenvalue weighted by Crippen LogP contribution is 2.35. The number of nitro groups is 1. The third-order valence-corrected chi connectivity index (χ3v) is 4.17. The van der Waals surface area contributed by atoms with Crippen molar-refractivity contribution in [3.05, 3.63) is 51.6 Å². The van der Waals surface area contributed by atoms with E-state index in [0.29, 0.717) is 0 Å². The molecule has 1 aliphatic rings. The molecule has 0 saturated carbocycles. The Morgan fingerprint density at radius 1 is 1.14 bits per heavy atom. The van der Waals surface area contributed by atoms with Gasteiger partial charge >= 0.3 is 6.09 Å². The first-order valence-electron chi connectivity index (χ1n) is 8.63. The Bertz CT molecular complexity index is 986. The summed E-state index contributed by atoms with van der Waals surface area (Å²) in [6.07, 6.45) is -0.650. The zero-order valence-corrected chi connectivity index (χ0v) is 15.6. The quantitative estimate of drug-likeness (QED) is 0.491. The van der Waals surface area contributed by atoms with Crippen molar-refractivity contribution in [2.24, 2.45) is 0 Å². The summed E-state index contributed by atoms with van der Waals surface area (Å²) in [5.74, 6) is -1.12. The summed E-state index contributed by atoms with van der Waals surface area (Å²) in [4.78, 5) is 49.0. The first-order valence-corrected chi connectivity index (χ1v) is 8.63. The summed E-state index contributed by atoms with van der Waals surface area (Å²) in [7, 11) is 0. The van der Waals surface area contributed by atoms with Crippen LogP contribution in [0.5, 0.6) is 0 Å². The van der Waals surface area contributed by atoms with Crippen LogP contribution in [-0.2, 0) is 4.74 Å². The number of hydrogen-bond donors (Lipinski definition) is 1. The van der Waals surface area contributed by atoms with Gasteiger partial charge in [-0.25, -0.2) is 4.79 Å². The van der Waals surface area contributed by atoms with Crippen molar-refractivity contribution >= 4 is 34.4 Å².